The Morgan fingerprint density at radius 3 is 2.67 bits per heavy atom. The van der Waals surface area contributed by atoms with E-state index in [1.54, 1.807) is 0 Å². The quantitative estimate of drug-likeness (QED) is 0.506. The van der Waals surface area contributed by atoms with Gasteiger partial charge in [-0.2, -0.15) is 5.10 Å². The Kier molecular flexibility index (Phi) is 4.66. The molecule has 0 saturated carbocycles. The summed E-state index contributed by atoms with van der Waals surface area (Å²) in [5.41, 5.74) is 7.94. The van der Waals surface area contributed by atoms with Crippen LogP contribution in [0, 0.1) is 13.8 Å². The molecule has 2 N–H and O–H groups in total. The molecule has 124 valence electrons. The third-order valence-corrected chi connectivity index (χ3v) is 3.94. The second-order valence-electron chi connectivity index (χ2n) is 5.65. The van der Waals surface area contributed by atoms with Crippen molar-refractivity contribution < 1.29 is 9.47 Å². The van der Waals surface area contributed by atoms with E-state index in [4.69, 9.17) is 21.7 Å². The summed E-state index contributed by atoms with van der Waals surface area (Å²) < 4.78 is 10.7. The Balaban J connectivity index is 1.65. The number of hydrogen-bond donors (Lipinski definition) is 2. The van der Waals surface area contributed by atoms with E-state index in [1.165, 1.54) is 5.56 Å². The highest BCUT2D eigenvalue weighted by Gasteiger charge is 2.14. The molecule has 0 aliphatic carbocycles. The van der Waals surface area contributed by atoms with E-state index in [1.807, 2.05) is 44.2 Å². The summed E-state index contributed by atoms with van der Waals surface area (Å²) in [6, 6.07) is 11.9. The smallest absolute Gasteiger partial charge is 0.231 e. The normalized spacial score (nSPS) is 12.9. The van der Waals surface area contributed by atoms with Gasteiger partial charge < -0.3 is 14.8 Å². The zero-order valence-corrected chi connectivity index (χ0v) is 14.7. The van der Waals surface area contributed by atoms with E-state index >= 15 is 0 Å². The number of hydrazone groups is 1. The zero-order valence-electron chi connectivity index (χ0n) is 13.8. The lowest BCUT2D eigenvalue weighted by Crippen LogP contribution is -2.25. The first-order valence-corrected chi connectivity index (χ1v) is 8.02. The van der Waals surface area contributed by atoms with Crippen LogP contribution in [-0.4, -0.2) is 17.6 Å². The number of hydrogen-bond acceptors (Lipinski definition) is 4. The minimum Gasteiger partial charge on any atom is -0.454 e. The molecule has 0 atom stereocenters. The van der Waals surface area contributed by atoms with E-state index in [0.29, 0.717) is 5.11 Å². The van der Waals surface area contributed by atoms with Crippen LogP contribution in [0.15, 0.2) is 41.5 Å². The lowest BCUT2D eigenvalue weighted by molar-refractivity contribution is 0.174. The summed E-state index contributed by atoms with van der Waals surface area (Å²) >= 11 is 5.30. The van der Waals surface area contributed by atoms with Gasteiger partial charge in [-0.15, -0.1) is 0 Å². The highest BCUT2D eigenvalue weighted by atomic mass is 32.1. The summed E-state index contributed by atoms with van der Waals surface area (Å²) in [6.45, 7) is 6.27. The standard InChI is InChI=1S/C18H19N3O2S/c1-11-4-6-15(12(2)8-11)19-18(24)21-20-13(3)14-5-7-16-17(9-14)23-10-22-16/h4-9H,10H2,1-3H3,(H2,19,21,24)/b20-13+. The topological polar surface area (TPSA) is 54.9 Å². The number of nitrogens with zero attached hydrogens (tertiary/aromatic N) is 1. The molecular weight excluding hydrogens is 322 g/mol. The first-order chi connectivity index (χ1) is 11.5. The number of rotatable bonds is 3. The van der Waals surface area contributed by atoms with E-state index < -0.39 is 0 Å². The van der Waals surface area contributed by atoms with Crippen LogP contribution in [0.2, 0.25) is 0 Å². The van der Waals surface area contributed by atoms with Gasteiger partial charge in [0.05, 0.1) is 5.71 Å². The molecule has 1 aliphatic rings. The summed E-state index contributed by atoms with van der Waals surface area (Å²) in [4.78, 5) is 0. The molecule has 0 unspecified atom stereocenters. The first kappa shape index (κ1) is 16.3. The van der Waals surface area contributed by atoms with Crippen LogP contribution < -0.4 is 20.2 Å². The molecule has 2 aromatic rings. The van der Waals surface area contributed by atoms with Crippen molar-refractivity contribution in [2.75, 3.05) is 12.1 Å². The number of nitrogens with one attached hydrogen (secondary N) is 2. The Morgan fingerprint density at radius 1 is 1.08 bits per heavy atom. The predicted octanol–water partition coefficient (Wildman–Crippen LogP) is 3.74. The monoisotopic (exact) mass is 341 g/mol. The molecule has 2 aromatic carbocycles. The number of anilines is 1. The van der Waals surface area contributed by atoms with Gasteiger partial charge in [-0.1, -0.05) is 17.7 Å². The molecule has 1 aliphatic heterocycles. The minimum atomic E-state index is 0.261. The van der Waals surface area contributed by atoms with Crippen molar-refractivity contribution in [1.29, 1.82) is 0 Å². The number of fused-ring (bicyclic) bond motifs is 1. The number of benzene rings is 2. The fourth-order valence-corrected chi connectivity index (χ4v) is 2.58. The maximum atomic E-state index is 5.38. The maximum absolute atomic E-state index is 5.38. The molecule has 1 heterocycles. The highest BCUT2D eigenvalue weighted by Crippen LogP contribution is 2.32. The predicted molar refractivity (Wildman–Crippen MR) is 100 cm³/mol. The highest BCUT2D eigenvalue weighted by molar-refractivity contribution is 7.80. The van der Waals surface area contributed by atoms with Gasteiger partial charge in [-0.05, 0) is 62.8 Å². The lowest BCUT2D eigenvalue weighted by atomic mass is 10.1. The molecule has 0 spiro atoms. The van der Waals surface area contributed by atoms with Crippen molar-refractivity contribution in [2.45, 2.75) is 20.8 Å². The lowest BCUT2D eigenvalue weighted by Gasteiger charge is -2.11. The third kappa shape index (κ3) is 3.65. The van der Waals surface area contributed by atoms with Crippen molar-refractivity contribution in [3.63, 3.8) is 0 Å². The number of ether oxygens (including phenoxy) is 2. The van der Waals surface area contributed by atoms with Crippen LogP contribution in [0.25, 0.3) is 0 Å². The fourth-order valence-electron chi connectivity index (χ4n) is 2.42. The van der Waals surface area contributed by atoms with Gasteiger partial charge in [0, 0.05) is 11.3 Å². The van der Waals surface area contributed by atoms with Crippen molar-refractivity contribution >= 4 is 28.7 Å². The van der Waals surface area contributed by atoms with Gasteiger partial charge in [0.25, 0.3) is 0 Å². The van der Waals surface area contributed by atoms with Crippen LogP contribution in [0.3, 0.4) is 0 Å². The van der Waals surface area contributed by atoms with E-state index in [0.717, 1.165) is 34.0 Å². The maximum Gasteiger partial charge on any atom is 0.231 e. The molecule has 5 nitrogen and oxygen atoms in total. The Morgan fingerprint density at radius 2 is 1.88 bits per heavy atom. The Bertz CT molecular complexity index is 818. The van der Waals surface area contributed by atoms with E-state index in [2.05, 4.69) is 28.8 Å². The molecule has 0 fully saturated rings. The molecule has 0 saturated heterocycles. The molecule has 0 amide bonds. The number of aryl methyl sites for hydroxylation is 2. The van der Waals surface area contributed by atoms with Gasteiger partial charge in [0.15, 0.2) is 16.6 Å². The Labute approximate surface area is 146 Å². The van der Waals surface area contributed by atoms with Crippen molar-refractivity contribution in [3.05, 3.63) is 53.1 Å². The van der Waals surface area contributed by atoms with Gasteiger partial charge in [-0.25, -0.2) is 0 Å². The van der Waals surface area contributed by atoms with Gasteiger partial charge >= 0.3 is 0 Å². The van der Waals surface area contributed by atoms with Crippen LogP contribution in [0.1, 0.15) is 23.6 Å². The molecule has 0 bridgehead atoms. The van der Waals surface area contributed by atoms with Crippen LogP contribution in [-0.2, 0) is 0 Å². The molecule has 0 radical (unpaired) electrons. The van der Waals surface area contributed by atoms with Gasteiger partial charge in [0.1, 0.15) is 0 Å². The molecule has 6 heteroatoms. The first-order valence-electron chi connectivity index (χ1n) is 7.61. The summed E-state index contributed by atoms with van der Waals surface area (Å²) in [7, 11) is 0. The zero-order chi connectivity index (χ0) is 17.1. The van der Waals surface area contributed by atoms with Crippen LogP contribution in [0.5, 0.6) is 11.5 Å². The van der Waals surface area contributed by atoms with Crippen molar-refractivity contribution in [3.8, 4) is 11.5 Å². The van der Waals surface area contributed by atoms with E-state index in [9.17, 15) is 0 Å². The molecule has 24 heavy (non-hydrogen) atoms. The minimum absolute atomic E-state index is 0.261. The summed E-state index contributed by atoms with van der Waals surface area (Å²) in [5.74, 6) is 1.49. The van der Waals surface area contributed by atoms with E-state index in [-0.39, 0.29) is 6.79 Å². The Hall–Kier alpha value is -2.60. The van der Waals surface area contributed by atoms with Crippen LogP contribution in [0.4, 0.5) is 5.69 Å². The van der Waals surface area contributed by atoms with Crippen LogP contribution >= 0.6 is 12.2 Å². The summed E-state index contributed by atoms with van der Waals surface area (Å²) in [6.07, 6.45) is 0. The molecular formula is C18H19N3O2S. The number of thiocarbonyl (C=S) groups is 1. The average molecular weight is 341 g/mol. The second kappa shape index (κ2) is 6.88. The average Bonchev–Trinajstić information content (AvgIpc) is 3.03. The largest absolute Gasteiger partial charge is 0.454 e. The second-order valence-corrected chi connectivity index (χ2v) is 6.06. The fraction of sp³-hybridized carbons (Fsp3) is 0.222. The van der Waals surface area contributed by atoms with Crippen molar-refractivity contribution in [2.24, 2.45) is 5.10 Å². The molecule has 0 aromatic heterocycles. The van der Waals surface area contributed by atoms with Gasteiger partial charge in [0.2, 0.25) is 6.79 Å². The third-order valence-electron chi connectivity index (χ3n) is 3.75. The van der Waals surface area contributed by atoms with Gasteiger partial charge in [-0.3, -0.25) is 5.43 Å². The SMILES string of the molecule is C/C(=N\NC(=S)Nc1ccc(C)cc1C)c1ccc2c(c1)OCO2. The van der Waals surface area contributed by atoms with Crippen molar-refractivity contribution in [1.82, 2.24) is 5.43 Å². The molecule has 3 rings (SSSR count). The summed E-state index contributed by atoms with van der Waals surface area (Å²) in [5, 5.41) is 7.93.